The fourth-order valence-electron chi connectivity index (χ4n) is 3.90. The molecule has 1 saturated heterocycles. The first-order valence-electron chi connectivity index (χ1n) is 9.67. The molecular weight excluding hydrogens is 370 g/mol. The Balaban J connectivity index is 1.41. The molecule has 7 heteroatoms. The van der Waals surface area contributed by atoms with Gasteiger partial charge in [0.15, 0.2) is 0 Å². The van der Waals surface area contributed by atoms with Crippen molar-refractivity contribution in [3.63, 3.8) is 0 Å². The summed E-state index contributed by atoms with van der Waals surface area (Å²) in [6.07, 6.45) is 0.154. The number of para-hydroxylation sites is 1. The topological polar surface area (TPSA) is 79.0 Å². The Bertz CT molecular complexity index is 933. The number of rotatable bonds is 3. The van der Waals surface area contributed by atoms with Crippen molar-refractivity contribution in [1.29, 1.82) is 0 Å². The largest absolute Gasteiger partial charge is 0.497 e. The number of hydrogen-bond donors (Lipinski definition) is 1. The smallest absolute Gasteiger partial charge is 0.253 e. The number of hydrogen-bond acceptors (Lipinski definition) is 4. The first-order valence-corrected chi connectivity index (χ1v) is 9.67. The lowest BCUT2D eigenvalue weighted by Crippen LogP contribution is -2.52. The molecule has 2 aromatic carbocycles. The predicted octanol–water partition coefficient (Wildman–Crippen LogP) is 2.11. The van der Waals surface area contributed by atoms with Crippen molar-refractivity contribution in [2.45, 2.75) is 12.3 Å². The summed E-state index contributed by atoms with van der Waals surface area (Å²) in [5, 5.41) is 2.82. The molecule has 0 aliphatic carbocycles. The Labute approximate surface area is 169 Å². The van der Waals surface area contributed by atoms with E-state index < -0.39 is 5.92 Å². The molecule has 3 amide bonds. The molecule has 2 aromatic rings. The first-order chi connectivity index (χ1) is 14.1. The molecule has 0 saturated carbocycles. The van der Waals surface area contributed by atoms with Crippen LogP contribution in [0.1, 0.15) is 28.3 Å². The van der Waals surface area contributed by atoms with Crippen molar-refractivity contribution in [1.82, 2.24) is 9.80 Å². The molecule has 4 rings (SSSR count). The highest BCUT2D eigenvalue weighted by atomic mass is 16.5. The van der Waals surface area contributed by atoms with Gasteiger partial charge in [-0.05, 0) is 35.9 Å². The summed E-state index contributed by atoms with van der Waals surface area (Å²) in [6, 6.07) is 14.4. The van der Waals surface area contributed by atoms with Crippen LogP contribution < -0.4 is 10.1 Å². The van der Waals surface area contributed by atoms with Crippen LogP contribution in [0.5, 0.6) is 5.75 Å². The molecule has 150 valence electrons. The second kappa shape index (κ2) is 7.95. The minimum atomic E-state index is -0.469. The number of ether oxygens (including phenoxy) is 1. The van der Waals surface area contributed by atoms with E-state index in [-0.39, 0.29) is 24.1 Å². The number of carbonyl (C=O) groups excluding carboxylic acids is 3. The molecule has 7 nitrogen and oxygen atoms in total. The Morgan fingerprint density at radius 1 is 0.966 bits per heavy atom. The van der Waals surface area contributed by atoms with Gasteiger partial charge in [-0.2, -0.15) is 0 Å². The molecule has 0 unspecified atom stereocenters. The molecule has 29 heavy (non-hydrogen) atoms. The number of methoxy groups -OCH3 is 1. The second-order valence-electron chi connectivity index (χ2n) is 7.24. The molecule has 0 radical (unpaired) electrons. The number of fused-ring (bicyclic) bond motifs is 1. The highest BCUT2D eigenvalue weighted by Gasteiger charge is 2.35. The molecular formula is C22H23N3O4. The van der Waals surface area contributed by atoms with Crippen molar-refractivity contribution in [2.75, 3.05) is 38.6 Å². The normalized spacial score (nSPS) is 18.7. The molecule has 2 aliphatic heterocycles. The van der Waals surface area contributed by atoms with Gasteiger partial charge in [-0.3, -0.25) is 14.4 Å². The summed E-state index contributed by atoms with van der Waals surface area (Å²) in [4.78, 5) is 41.4. The van der Waals surface area contributed by atoms with E-state index in [0.29, 0.717) is 43.2 Å². The number of amides is 3. The van der Waals surface area contributed by atoms with Crippen molar-refractivity contribution >= 4 is 23.4 Å². The Morgan fingerprint density at radius 3 is 2.31 bits per heavy atom. The summed E-state index contributed by atoms with van der Waals surface area (Å²) in [5.74, 6) is -0.0149. The summed E-state index contributed by atoms with van der Waals surface area (Å²) < 4.78 is 5.13. The Morgan fingerprint density at radius 2 is 1.62 bits per heavy atom. The molecule has 1 fully saturated rings. The molecule has 0 aromatic heterocycles. The van der Waals surface area contributed by atoms with Crippen LogP contribution in [0.3, 0.4) is 0 Å². The Kier molecular flexibility index (Phi) is 5.20. The number of carbonyl (C=O) groups is 3. The van der Waals surface area contributed by atoms with Crippen molar-refractivity contribution in [3.05, 3.63) is 59.7 Å². The van der Waals surface area contributed by atoms with Crippen LogP contribution in [0, 0.1) is 0 Å². The summed E-state index contributed by atoms with van der Waals surface area (Å²) >= 11 is 0. The van der Waals surface area contributed by atoms with E-state index in [0.717, 1.165) is 5.56 Å². The summed E-state index contributed by atoms with van der Waals surface area (Å²) in [5.41, 5.74) is 2.16. The molecule has 1 atom stereocenters. The highest BCUT2D eigenvalue weighted by Crippen LogP contribution is 2.33. The van der Waals surface area contributed by atoms with Gasteiger partial charge in [0.05, 0.1) is 13.0 Å². The lowest BCUT2D eigenvalue weighted by atomic mass is 9.89. The van der Waals surface area contributed by atoms with Crippen LogP contribution in [0.2, 0.25) is 0 Å². The van der Waals surface area contributed by atoms with Gasteiger partial charge >= 0.3 is 0 Å². The quantitative estimate of drug-likeness (QED) is 0.866. The molecule has 0 spiro atoms. The van der Waals surface area contributed by atoms with E-state index in [1.54, 1.807) is 41.2 Å². The minimum Gasteiger partial charge on any atom is -0.497 e. The number of piperazine rings is 1. The van der Waals surface area contributed by atoms with E-state index >= 15 is 0 Å². The lowest BCUT2D eigenvalue weighted by Gasteiger charge is -2.37. The van der Waals surface area contributed by atoms with Crippen molar-refractivity contribution < 1.29 is 19.1 Å². The third-order valence-electron chi connectivity index (χ3n) is 5.51. The van der Waals surface area contributed by atoms with E-state index in [9.17, 15) is 14.4 Å². The lowest BCUT2D eigenvalue weighted by molar-refractivity contribution is -0.136. The van der Waals surface area contributed by atoms with Gasteiger partial charge in [0.1, 0.15) is 5.75 Å². The number of benzene rings is 2. The van der Waals surface area contributed by atoms with Gasteiger partial charge in [-0.1, -0.05) is 18.2 Å². The predicted molar refractivity (Wildman–Crippen MR) is 108 cm³/mol. The van der Waals surface area contributed by atoms with Crippen LogP contribution in [-0.2, 0) is 9.59 Å². The highest BCUT2D eigenvalue weighted by molar-refractivity contribution is 6.01. The zero-order valence-corrected chi connectivity index (χ0v) is 16.3. The van der Waals surface area contributed by atoms with Gasteiger partial charge in [0, 0.05) is 43.9 Å². The van der Waals surface area contributed by atoms with Gasteiger partial charge < -0.3 is 19.9 Å². The van der Waals surface area contributed by atoms with Crippen LogP contribution in [0.25, 0.3) is 0 Å². The van der Waals surface area contributed by atoms with E-state index in [1.165, 1.54) is 0 Å². The van der Waals surface area contributed by atoms with E-state index in [2.05, 4.69) is 5.32 Å². The third kappa shape index (κ3) is 3.81. The fourth-order valence-corrected chi connectivity index (χ4v) is 3.90. The van der Waals surface area contributed by atoms with E-state index in [4.69, 9.17) is 4.74 Å². The third-order valence-corrected chi connectivity index (χ3v) is 5.51. The van der Waals surface area contributed by atoms with E-state index in [1.807, 2.05) is 24.3 Å². The van der Waals surface area contributed by atoms with Gasteiger partial charge in [-0.25, -0.2) is 0 Å². The SMILES string of the molecule is COc1ccc(C(=O)N2CCN(C(=O)[C@@H]3CC(=O)Nc4ccccc43)CC2)cc1. The maximum absolute atomic E-state index is 13.1. The Hall–Kier alpha value is -3.35. The minimum absolute atomic E-state index is 0.0520. The molecule has 0 bridgehead atoms. The summed E-state index contributed by atoms with van der Waals surface area (Å²) in [7, 11) is 1.58. The summed E-state index contributed by atoms with van der Waals surface area (Å²) in [6.45, 7) is 1.86. The second-order valence-corrected chi connectivity index (χ2v) is 7.24. The first kappa shape index (κ1) is 19.0. The van der Waals surface area contributed by atoms with Gasteiger partial charge in [0.2, 0.25) is 11.8 Å². The van der Waals surface area contributed by atoms with Crippen molar-refractivity contribution in [3.8, 4) is 5.75 Å². The van der Waals surface area contributed by atoms with Crippen LogP contribution >= 0.6 is 0 Å². The molecule has 1 N–H and O–H groups in total. The number of nitrogens with one attached hydrogen (secondary N) is 1. The average molecular weight is 393 g/mol. The maximum atomic E-state index is 13.1. The van der Waals surface area contributed by atoms with Crippen molar-refractivity contribution in [2.24, 2.45) is 0 Å². The van der Waals surface area contributed by atoms with Gasteiger partial charge in [0.25, 0.3) is 5.91 Å². The fraction of sp³-hybridized carbons (Fsp3) is 0.318. The standard InChI is InChI=1S/C22H23N3O4/c1-29-16-8-6-15(7-9-16)21(27)24-10-12-25(13-11-24)22(28)18-14-20(26)23-19-5-3-2-4-17(18)19/h2-9,18H,10-14H2,1H3,(H,23,26)/t18-/m1/s1. The van der Waals surface area contributed by atoms with Gasteiger partial charge in [-0.15, -0.1) is 0 Å². The number of nitrogens with zero attached hydrogens (tertiary/aromatic N) is 2. The van der Waals surface area contributed by atoms with Crippen LogP contribution in [-0.4, -0.2) is 60.8 Å². The zero-order valence-electron chi connectivity index (χ0n) is 16.3. The molecule has 2 heterocycles. The van der Waals surface area contributed by atoms with Crippen LogP contribution in [0.15, 0.2) is 48.5 Å². The number of anilines is 1. The zero-order chi connectivity index (χ0) is 20.4. The average Bonchev–Trinajstić information content (AvgIpc) is 2.77. The molecule has 2 aliphatic rings. The van der Waals surface area contributed by atoms with Crippen LogP contribution in [0.4, 0.5) is 5.69 Å². The maximum Gasteiger partial charge on any atom is 0.253 e. The monoisotopic (exact) mass is 393 g/mol.